The van der Waals surface area contributed by atoms with E-state index in [9.17, 15) is 9.59 Å². The highest BCUT2D eigenvalue weighted by atomic mass is 35.5. The van der Waals surface area contributed by atoms with Gasteiger partial charge in [-0.05, 0) is 86.0 Å². The summed E-state index contributed by atoms with van der Waals surface area (Å²) in [5.41, 5.74) is 2.56. The van der Waals surface area contributed by atoms with Gasteiger partial charge in [-0.1, -0.05) is 23.2 Å². The first-order valence-electron chi connectivity index (χ1n) is 16.3. The van der Waals surface area contributed by atoms with Gasteiger partial charge in [-0.15, -0.1) is 0 Å². The minimum atomic E-state index is 0.0189. The predicted octanol–water partition coefficient (Wildman–Crippen LogP) is 5.78. The van der Waals surface area contributed by atoms with Crippen molar-refractivity contribution in [2.45, 2.75) is 39.2 Å². The quantitative estimate of drug-likeness (QED) is 0.298. The van der Waals surface area contributed by atoms with Crippen LogP contribution in [0.4, 0.5) is 5.95 Å². The van der Waals surface area contributed by atoms with E-state index in [0.717, 1.165) is 74.5 Å². The lowest BCUT2D eigenvalue weighted by Gasteiger charge is -2.37. The number of pyridine rings is 1. The molecule has 3 aromatic rings. The molecule has 0 bridgehead atoms. The molecule has 3 aliphatic rings. The van der Waals surface area contributed by atoms with Crippen molar-refractivity contribution < 1.29 is 14.3 Å². The molecule has 2 aromatic heterocycles. The first kappa shape index (κ1) is 33.8. The van der Waals surface area contributed by atoms with Crippen molar-refractivity contribution in [1.29, 1.82) is 0 Å². The number of halogens is 2. The summed E-state index contributed by atoms with van der Waals surface area (Å²) in [6, 6.07) is 9.39. The smallest absolute Gasteiger partial charge is 0.225 e. The normalized spacial score (nSPS) is 18.3. The number of carbonyl (C=O) groups excluding carboxylic acids is 2. The molecule has 0 atom stereocenters. The van der Waals surface area contributed by atoms with E-state index in [1.165, 1.54) is 0 Å². The van der Waals surface area contributed by atoms with Crippen LogP contribution >= 0.6 is 35.0 Å². The van der Waals surface area contributed by atoms with Gasteiger partial charge in [-0.2, -0.15) is 11.8 Å². The van der Waals surface area contributed by atoms with Gasteiger partial charge in [0.05, 0.1) is 18.1 Å². The van der Waals surface area contributed by atoms with E-state index in [1.807, 2.05) is 34.9 Å². The lowest BCUT2D eigenvalue weighted by atomic mass is 9.96. The third-order valence-electron chi connectivity index (χ3n) is 9.05. The standard InChI is InChI=1S/C34H41Cl2N7O3S/c1-23(44)37-19-24-2-6-41(7-3-24)22-25-14-31(27-16-28(35)18-29(36)17-27)40-32(15-25)46-30-20-38-34(39-21-30)43-10-8-42(9-11-43)33(45)26-4-12-47-13-5-26/h14-18,20-21,24,26H,2-13,19,22H2,1H3,(H,37,44). The van der Waals surface area contributed by atoms with E-state index < -0.39 is 0 Å². The van der Waals surface area contributed by atoms with Crippen LogP contribution < -0.4 is 15.0 Å². The number of hydrogen-bond donors (Lipinski definition) is 1. The molecule has 1 aromatic carbocycles. The zero-order chi connectivity index (χ0) is 32.8. The number of nitrogens with zero attached hydrogens (tertiary/aromatic N) is 6. The van der Waals surface area contributed by atoms with E-state index in [0.29, 0.717) is 71.3 Å². The Morgan fingerprint density at radius 2 is 1.60 bits per heavy atom. The van der Waals surface area contributed by atoms with Crippen molar-refractivity contribution in [2.75, 3.05) is 62.2 Å². The zero-order valence-corrected chi connectivity index (χ0v) is 29.0. The Morgan fingerprint density at radius 3 is 2.26 bits per heavy atom. The van der Waals surface area contributed by atoms with Crippen molar-refractivity contribution >= 4 is 52.7 Å². The van der Waals surface area contributed by atoms with Crippen LogP contribution in [0.3, 0.4) is 0 Å². The maximum Gasteiger partial charge on any atom is 0.225 e. The van der Waals surface area contributed by atoms with Gasteiger partial charge in [0.15, 0.2) is 5.75 Å². The maximum atomic E-state index is 13.0. The minimum Gasteiger partial charge on any atom is -0.436 e. The molecule has 2 amide bonds. The Balaban J connectivity index is 1.11. The van der Waals surface area contributed by atoms with Crippen molar-refractivity contribution in [3.63, 3.8) is 0 Å². The fraction of sp³-hybridized carbons (Fsp3) is 0.500. The topological polar surface area (TPSA) is 104 Å². The summed E-state index contributed by atoms with van der Waals surface area (Å²) < 4.78 is 6.23. The molecular formula is C34H41Cl2N7O3S. The van der Waals surface area contributed by atoms with Crippen LogP contribution in [0.25, 0.3) is 11.3 Å². The van der Waals surface area contributed by atoms with E-state index in [4.69, 9.17) is 32.9 Å². The zero-order valence-electron chi connectivity index (χ0n) is 26.7. The Hall–Kier alpha value is -3.12. The van der Waals surface area contributed by atoms with Gasteiger partial charge in [0, 0.05) is 73.8 Å². The first-order chi connectivity index (χ1) is 22.8. The molecule has 1 N–H and O–H groups in total. The van der Waals surface area contributed by atoms with Gasteiger partial charge >= 0.3 is 0 Å². The average molecular weight is 699 g/mol. The molecule has 0 aliphatic carbocycles. The number of anilines is 1. The van der Waals surface area contributed by atoms with Crippen LogP contribution in [0.15, 0.2) is 42.7 Å². The second kappa shape index (κ2) is 15.9. The highest BCUT2D eigenvalue weighted by molar-refractivity contribution is 7.99. The summed E-state index contributed by atoms with van der Waals surface area (Å²) in [6.07, 6.45) is 7.37. The number of likely N-dealkylation sites (tertiary alicyclic amines) is 1. The number of benzene rings is 1. The molecule has 47 heavy (non-hydrogen) atoms. The molecule has 3 saturated heterocycles. The third kappa shape index (κ3) is 9.28. The Morgan fingerprint density at radius 1 is 0.915 bits per heavy atom. The number of piperidine rings is 1. The highest BCUT2D eigenvalue weighted by Crippen LogP contribution is 2.31. The van der Waals surface area contributed by atoms with E-state index in [-0.39, 0.29) is 11.8 Å². The van der Waals surface area contributed by atoms with Crippen LogP contribution in [-0.4, -0.2) is 93.9 Å². The number of piperazine rings is 1. The number of ether oxygens (including phenoxy) is 1. The van der Waals surface area contributed by atoms with Crippen molar-refractivity contribution in [1.82, 2.24) is 30.1 Å². The lowest BCUT2D eigenvalue weighted by Crippen LogP contribution is -2.51. The van der Waals surface area contributed by atoms with Gasteiger partial charge in [-0.25, -0.2) is 15.0 Å². The number of carbonyl (C=O) groups is 2. The van der Waals surface area contributed by atoms with Crippen LogP contribution in [0, 0.1) is 11.8 Å². The molecule has 13 heteroatoms. The molecule has 0 unspecified atom stereocenters. The molecule has 3 fully saturated rings. The molecule has 250 valence electrons. The monoisotopic (exact) mass is 697 g/mol. The molecule has 6 rings (SSSR count). The van der Waals surface area contributed by atoms with Crippen molar-refractivity contribution in [2.24, 2.45) is 11.8 Å². The van der Waals surface area contributed by atoms with Gasteiger partial charge < -0.3 is 19.9 Å². The summed E-state index contributed by atoms with van der Waals surface area (Å²) in [5, 5.41) is 4.02. The number of rotatable bonds is 9. The van der Waals surface area contributed by atoms with Gasteiger partial charge in [0.25, 0.3) is 0 Å². The summed E-state index contributed by atoms with van der Waals surface area (Å²) in [7, 11) is 0. The number of amides is 2. The number of nitrogens with one attached hydrogen (secondary N) is 1. The molecule has 0 spiro atoms. The third-order valence-corrected chi connectivity index (χ3v) is 10.5. The summed E-state index contributed by atoms with van der Waals surface area (Å²) in [5.74, 6) is 4.68. The molecule has 0 radical (unpaired) electrons. The Bertz CT molecular complexity index is 1520. The van der Waals surface area contributed by atoms with E-state index in [1.54, 1.807) is 25.4 Å². The average Bonchev–Trinajstić information content (AvgIpc) is 3.08. The predicted molar refractivity (Wildman–Crippen MR) is 187 cm³/mol. The van der Waals surface area contributed by atoms with Gasteiger partial charge in [0.1, 0.15) is 0 Å². The number of aromatic nitrogens is 3. The number of hydrogen-bond acceptors (Lipinski definition) is 9. The highest BCUT2D eigenvalue weighted by Gasteiger charge is 2.29. The second-order valence-electron chi connectivity index (χ2n) is 12.5. The largest absolute Gasteiger partial charge is 0.436 e. The van der Waals surface area contributed by atoms with Crippen molar-refractivity contribution in [3.8, 4) is 22.9 Å². The fourth-order valence-electron chi connectivity index (χ4n) is 6.42. The van der Waals surface area contributed by atoms with Crippen molar-refractivity contribution in [3.05, 3.63) is 58.3 Å². The summed E-state index contributed by atoms with van der Waals surface area (Å²) in [4.78, 5) is 44.8. The second-order valence-corrected chi connectivity index (χ2v) is 14.6. The molecular weight excluding hydrogens is 657 g/mol. The minimum absolute atomic E-state index is 0.0189. The molecule has 0 saturated carbocycles. The van der Waals surface area contributed by atoms with E-state index >= 15 is 0 Å². The fourth-order valence-corrected chi connectivity index (χ4v) is 8.06. The SMILES string of the molecule is CC(=O)NCC1CCN(Cc2cc(Oc3cnc(N4CCN(C(=O)C5CCSCC5)CC4)nc3)nc(-c3cc(Cl)cc(Cl)c3)c2)CC1. The summed E-state index contributed by atoms with van der Waals surface area (Å²) in [6.45, 7) is 7.68. The van der Waals surface area contributed by atoms with Crippen LogP contribution in [0.1, 0.15) is 38.2 Å². The Labute approximate surface area is 290 Å². The van der Waals surface area contributed by atoms with Crippen LogP contribution in [0.5, 0.6) is 11.6 Å². The van der Waals surface area contributed by atoms with Gasteiger partial charge in [-0.3, -0.25) is 14.5 Å². The number of thioether (sulfide) groups is 1. The summed E-state index contributed by atoms with van der Waals surface area (Å²) >= 11 is 14.6. The van der Waals surface area contributed by atoms with E-state index in [2.05, 4.69) is 31.2 Å². The maximum absolute atomic E-state index is 13.0. The van der Waals surface area contributed by atoms with Gasteiger partial charge in [0.2, 0.25) is 23.6 Å². The Kier molecular flexibility index (Phi) is 11.4. The molecule has 5 heterocycles. The first-order valence-corrected chi connectivity index (χ1v) is 18.3. The molecule has 3 aliphatic heterocycles. The van der Waals surface area contributed by atoms with Crippen LogP contribution in [-0.2, 0) is 16.1 Å². The van der Waals surface area contributed by atoms with Crippen LogP contribution in [0.2, 0.25) is 10.0 Å². The lowest BCUT2D eigenvalue weighted by molar-refractivity contribution is -0.136. The molecule has 10 nitrogen and oxygen atoms in total.